The molecule has 0 radical (unpaired) electrons. The largest absolute Gasteiger partial charge is 0.352 e. The molecule has 0 bridgehead atoms. The van der Waals surface area contributed by atoms with Crippen LogP contribution in [-0.4, -0.2) is 46.3 Å². The summed E-state index contributed by atoms with van der Waals surface area (Å²) in [6.45, 7) is 2.10. The quantitative estimate of drug-likeness (QED) is 0.640. The van der Waals surface area contributed by atoms with E-state index in [0.29, 0.717) is 25.2 Å². The molecule has 2 amide bonds. The van der Waals surface area contributed by atoms with E-state index < -0.39 is 0 Å². The number of benzene rings is 1. The van der Waals surface area contributed by atoms with Crippen LogP contribution in [0.4, 0.5) is 0 Å². The van der Waals surface area contributed by atoms with Gasteiger partial charge in [-0.15, -0.1) is 0 Å². The molecule has 136 valence electrons. The van der Waals surface area contributed by atoms with Gasteiger partial charge < -0.3 is 10.2 Å². The van der Waals surface area contributed by atoms with Crippen LogP contribution in [0.5, 0.6) is 0 Å². The Morgan fingerprint density at radius 3 is 2.92 bits per heavy atom. The number of para-hydroxylation sites is 2. The topological polar surface area (TPSA) is 75.2 Å². The Kier molecular flexibility index (Phi) is 6.30. The smallest absolute Gasteiger partial charge is 0.244 e. The summed E-state index contributed by atoms with van der Waals surface area (Å²) in [5.74, 6) is 0.0748. The lowest BCUT2D eigenvalue weighted by Gasteiger charge is -2.20. The van der Waals surface area contributed by atoms with Crippen molar-refractivity contribution in [3.05, 3.63) is 42.2 Å². The van der Waals surface area contributed by atoms with E-state index in [1.54, 1.807) is 12.3 Å². The molecule has 1 fully saturated rings. The number of fused-ring (bicyclic) bond motifs is 1. The van der Waals surface area contributed by atoms with Gasteiger partial charge >= 0.3 is 0 Å². The highest BCUT2D eigenvalue weighted by molar-refractivity contribution is 5.91. The molecule has 1 aromatic heterocycles. The zero-order chi connectivity index (χ0) is 18.2. The van der Waals surface area contributed by atoms with Gasteiger partial charge in [0.15, 0.2) is 0 Å². The first-order chi connectivity index (χ1) is 12.7. The molecule has 1 saturated heterocycles. The van der Waals surface area contributed by atoms with E-state index in [2.05, 4.69) is 15.3 Å². The van der Waals surface area contributed by atoms with Crippen molar-refractivity contribution in [3.8, 4) is 0 Å². The molecule has 3 rings (SSSR count). The van der Waals surface area contributed by atoms with E-state index in [4.69, 9.17) is 0 Å². The van der Waals surface area contributed by atoms with Crippen molar-refractivity contribution in [2.75, 3.05) is 19.6 Å². The van der Waals surface area contributed by atoms with E-state index >= 15 is 0 Å². The van der Waals surface area contributed by atoms with Gasteiger partial charge in [0.1, 0.15) is 0 Å². The fourth-order valence-electron chi connectivity index (χ4n) is 3.03. The first-order valence-electron chi connectivity index (χ1n) is 9.18. The van der Waals surface area contributed by atoms with Crippen LogP contribution in [-0.2, 0) is 9.59 Å². The number of carbonyl (C=O) groups excluding carboxylic acids is 2. The fourth-order valence-corrected chi connectivity index (χ4v) is 3.03. The number of hydrogen-bond donors (Lipinski definition) is 1. The van der Waals surface area contributed by atoms with E-state index in [1.165, 1.54) is 6.08 Å². The first kappa shape index (κ1) is 18.0. The lowest BCUT2D eigenvalue weighted by Crippen LogP contribution is -2.33. The first-order valence-corrected chi connectivity index (χ1v) is 9.18. The van der Waals surface area contributed by atoms with Crippen molar-refractivity contribution >= 4 is 28.9 Å². The third-order valence-corrected chi connectivity index (χ3v) is 4.45. The minimum Gasteiger partial charge on any atom is -0.352 e. The maximum Gasteiger partial charge on any atom is 0.244 e. The second kappa shape index (κ2) is 9.08. The van der Waals surface area contributed by atoms with Gasteiger partial charge in [-0.1, -0.05) is 18.6 Å². The van der Waals surface area contributed by atoms with Crippen molar-refractivity contribution in [1.29, 1.82) is 0 Å². The summed E-state index contributed by atoms with van der Waals surface area (Å²) in [7, 11) is 0. The molecule has 2 aromatic rings. The number of nitrogens with one attached hydrogen (secondary N) is 1. The van der Waals surface area contributed by atoms with Gasteiger partial charge in [0, 0.05) is 32.1 Å². The molecule has 6 nitrogen and oxygen atoms in total. The summed E-state index contributed by atoms with van der Waals surface area (Å²) in [6.07, 6.45) is 9.40. The summed E-state index contributed by atoms with van der Waals surface area (Å²) in [5.41, 5.74) is 2.28. The van der Waals surface area contributed by atoms with E-state index in [9.17, 15) is 9.59 Å². The lowest BCUT2D eigenvalue weighted by atomic mass is 10.2. The van der Waals surface area contributed by atoms with Crippen molar-refractivity contribution in [3.63, 3.8) is 0 Å². The Labute approximate surface area is 153 Å². The van der Waals surface area contributed by atoms with Gasteiger partial charge in [0.2, 0.25) is 11.8 Å². The molecule has 2 heterocycles. The van der Waals surface area contributed by atoms with Gasteiger partial charge in [-0.25, -0.2) is 4.98 Å². The zero-order valence-corrected chi connectivity index (χ0v) is 14.9. The molecule has 1 N–H and O–H groups in total. The highest BCUT2D eigenvalue weighted by Gasteiger charge is 2.15. The number of rotatable bonds is 6. The molecule has 1 aliphatic rings. The number of amides is 2. The Bertz CT molecular complexity index is 803. The molecule has 0 unspecified atom stereocenters. The summed E-state index contributed by atoms with van der Waals surface area (Å²) >= 11 is 0. The van der Waals surface area contributed by atoms with Gasteiger partial charge in [0.25, 0.3) is 0 Å². The Morgan fingerprint density at radius 1 is 1.19 bits per heavy atom. The summed E-state index contributed by atoms with van der Waals surface area (Å²) in [5, 5.41) is 2.85. The van der Waals surface area contributed by atoms with Crippen LogP contribution < -0.4 is 5.32 Å². The van der Waals surface area contributed by atoms with Gasteiger partial charge in [-0.05, 0) is 37.5 Å². The van der Waals surface area contributed by atoms with E-state index in [1.807, 2.05) is 29.2 Å². The zero-order valence-electron chi connectivity index (χ0n) is 14.9. The maximum absolute atomic E-state index is 11.9. The molecule has 0 saturated carbocycles. The normalized spacial score (nSPS) is 15.4. The Hall–Kier alpha value is -2.76. The number of likely N-dealkylation sites (tertiary alicyclic amines) is 1. The lowest BCUT2D eigenvalue weighted by molar-refractivity contribution is -0.130. The van der Waals surface area contributed by atoms with Gasteiger partial charge in [0.05, 0.1) is 22.9 Å². The molecule has 6 heteroatoms. The molecule has 26 heavy (non-hydrogen) atoms. The molecule has 0 atom stereocenters. The van der Waals surface area contributed by atoms with Gasteiger partial charge in [-0.2, -0.15) is 0 Å². The molecule has 0 aliphatic carbocycles. The number of carbonyl (C=O) groups is 2. The van der Waals surface area contributed by atoms with Crippen LogP contribution >= 0.6 is 0 Å². The second-order valence-electron chi connectivity index (χ2n) is 6.45. The fraction of sp³-hybridized carbons (Fsp3) is 0.400. The molecular weight excluding hydrogens is 328 g/mol. The molecule has 1 aromatic carbocycles. The van der Waals surface area contributed by atoms with E-state index in [0.717, 1.165) is 43.3 Å². The second-order valence-corrected chi connectivity index (χ2v) is 6.45. The monoisotopic (exact) mass is 352 g/mol. The van der Waals surface area contributed by atoms with Crippen LogP contribution in [0.2, 0.25) is 0 Å². The SMILES string of the molecule is O=C(/C=C/c1cnc2ccccc2n1)NCCCN1CCCCCC1=O. The van der Waals surface area contributed by atoms with Crippen molar-refractivity contribution in [2.24, 2.45) is 0 Å². The van der Waals surface area contributed by atoms with Gasteiger partial charge in [-0.3, -0.25) is 14.6 Å². The highest BCUT2D eigenvalue weighted by atomic mass is 16.2. The average Bonchev–Trinajstić information content (AvgIpc) is 2.87. The van der Waals surface area contributed by atoms with E-state index in [-0.39, 0.29) is 11.8 Å². The minimum absolute atomic E-state index is 0.165. The number of nitrogens with zero attached hydrogens (tertiary/aromatic N) is 3. The predicted octanol–water partition coefficient (Wildman–Crippen LogP) is 2.55. The third kappa shape index (κ3) is 5.12. The van der Waals surface area contributed by atoms with Crippen LogP contribution in [0.3, 0.4) is 0 Å². The highest BCUT2D eigenvalue weighted by Crippen LogP contribution is 2.11. The molecular formula is C20H24N4O2. The Morgan fingerprint density at radius 2 is 2.04 bits per heavy atom. The van der Waals surface area contributed by atoms with Crippen molar-refractivity contribution in [1.82, 2.24) is 20.2 Å². The maximum atomic E-state index is 11.9. The summed E-state index contributed by atoms with van der Waals surface area (Å²) in [6, 6.07) is 7.62. The van der Waals surface area contributed by atoms with Crippen LogP contribution in [0.25, 0.3) is 17.1 Å². The standard InChI is InChI=1S/C20H24N4O2/c25-19(21-12-6-14-24-13-5-1-2-9-20(24)26)11-10-16-15-22-17-7-3-4-8-18(17)23-16/h3-4,7-8,10-11,15H,1-2,5-6,9,12-14H2,(H,21,25)/b11-10+. The van der Waals surface area contributed by atoms with Crippen molar-refractivity contribution < 1.29 is 9.59 Å². The average molecular weight is 352 g/mol. The van der Waals surface area contributed by atoms with Crippen LogP contribution in [0.1, 0.15) is 37.8 Å². The van der Waals surface area contributed by atoms with Crippen molar-refractivity contribution in [2.45, 2.75) is 32.1 Å². The van der Waals surface area contributed by atoms with Crippen LogP contribution in [0, 0.1) is 0 Å². The minimum atomic E-state index is -0.165. The van der Waals surface area contributed by atoms with Crippen LogP contribution in [0.15, 0.2) is 36.5 Å². The number of aromatic nitrogens is 2. The molecule has 0 spiro atoms. The predicted molar refractivity (Wildman–Crippen MR) is 101 cm³/mol. The summed E-state index contributed by atoms with van der Waals surface area (Å²) in [4.78, 5) is 34.5. The Balaban J connectivity index is 1.43. The number of hydrogen-bond acceptors (Lipinski definition) is 4. The molecule has 1 aliphatic heterocycles. The third-order valence-electron chi connectivity index (χ3n) is 4.45. The summed E-state index contributed by atoms with van der Waals surface area (Å²) < 4.78 is 0.